The first kappa shape index (κ1) is 20.6. The van der Waals surface area contributed by atoms with Gasteiger partial charge in [-0.15, -0.1) is 11.8 Å². The largest absolute Gasteiger partial charge is 0.281 e. The van der Waals surface area contributed by atoms with E-state index in [9.17, 15) is 10.1 Å². The van der Waals surface area contributed by atoms with Crippen LogP contribution < -0.4 is 4.90 Å². The van der Waals surface area contributed by atoms with Crippen molar-refractivity contribution in [2.24, 2.45) is 0 Å². The van der Waals surface area contributed by atoms with Crippen LogP contribution in [0.4, 0.5) is 11.4 Å². The van der Waals surface area contributed by atoms with Gasteiger partial charge in [0.25, 0.3) is 0 Å². The zero-order valence-corrected chi connectivity index (χ0v) is 17.2. The lowest BCUT2D eigenvalue weighted by Gasteiger charge is -2.23. The number of anilines is 2. The minimum atomic E-state index is 0.0121. The smallest absolute Gasteiger partial charge is 0.232 e. The maximum atomic E-state index is 13.1. The van der Waals surface area contributed by atoms with Crippen LogP contribution in [0.15, 0.2) is 77.8 Å². The molecular formula is C24H23N3OS. The van der Waals surface area contributed by atoms with E-state index >= 15 is 0 Å². The van der Waals surface area contributed by atoms with E-state index in [1.807, 2.05) is 72.8 Å². The minimum Gasteiger partial charge on any atom is -0.281 e. The van der Waals surface area contributed by atoms with E-state index in [0.29, 0.717) is 22.8 Å². The van der Waals surface area contributed by atoms with Gasteiger partial charge in [0.15, 0.2) is 0 Å². The van der Waals surface area contributed by atoms with Crippen LogP contribution in [0.2, 0.25) is 0 Å². The van der Waals surface area contributed by atoms with Gasteiger partial charge in [-0.05, 0) is 42.8 Å². The number of thioether (sulfide) groups is 1. The molecule has 0 aliphatic carbocycles. The molecule has 0 bridgehead atoms. The first-order valence-corrected chi connectivity index (χ1v) is 10.7. The molecule has 3 aromatic rings. The molecule has 1 amide bonds. The molecule has 0 radical (unpaired) electrons. The van der Waals surface area contributed by atoms with Gasteiger partial charge in [-0.1, -0.05) is 49.7 Å². The molecule has 29 heavy (non-hydrogen) atoms. The predicted molar refractivity (Wildman–Crippen MR) is 118 cm³/mol. The van der Waals surface area contributed by atoms with Crippen molar-refractivity contribution in [1.29, 1.82) is 5.26 Å². The van der Waals surface area contributed by atoms with Crippen molar-refractivity contribution in [2.45, 2.75) is 31.2 Å². The molecule has 0 aliphatic rings. The van der Waals surface area contributed by atoms with Crippen molar-refractivity contribution in [2.75, 3.05) is 10.7 Å². The van der Waals surface area contributed by atoms with Gasteiger partial charge in [-0.2, -0.15) is 5.26 Å². The first-order chi connectivity index (χ1) is 14.2. The monoisotopic (exact) mass is 401 g/mol. The average molecular weight is 402 g/mol. The highest BCUT2D eigenvalue weighted by molar-refractivity contribution is 7.99. The van der Waals surface area contributed by atoms with E-state index in [1.54, 1.807) is 4.90 Å². The second-order valence-corrected chi connectivity index (χ2v) is 7.60. The lowest BCUT2D eigenvalue weighted by atomic mass is 10.2. The molecule has 1 aromatic heterocycles. The van der Waals surface area contributed by atoms with Crippen molar-refractivity contribution in [3.63, 3.8) is 0 Å². The Morgan fingerprint density at radius 1 is 1.00 bits per heavy atom. The molecule has 0 aliphatic heterocycles. The number of aromatic nitrogens is 1. The van der Waals surface area contributed by atoms with Gasteiger partial charge >= 0.3 is 0 Å². The fraction of sp³-hybridized carbons (Fsp3) is 0.208. The maximum absolute atomic E-state index is 13.1. The highest BCUT2D eigenvalue weighted by Crippen LogP contribution is 2.27. The zero-order chi connectivity index (χ0) is 20.5. The highest BCUT2D eigenvalue weighted by Gasteiger charge is 2.18. The Balaban J connectivity index is 1.73. The van der Waals surface area contributed by atoms with Gasteiger partial charge in [0.05, 0.1) is 5.56 Å². The summed E-state index contributed by atoms with van der Waals surface area (Å²) >= 11 is 1.47. The minimum absolute atomic E-state index is 0.0121. The molecule has 4 nitrogen and oxygen atoms in total. The molecular weight excluding hydrogens is 378 g/mol. The first-order valence-electron chi connectivity index (χ1n) is 9.68. The number of para-hydroxylation sites is 2. The van der Waals surface area contributed by atoms with Crippen molar-refractivity contribution in [3.8, 4) is 6.07 Å². The lowest BCUT2D eigenvalue weighted by Crippen LogP contribution is -2.26. The van der Waals surface area contributed by atoms with Gasteiger partial charge < -0.3 is 0 Å². The summed E-state index contributed by atoms with van der Waals surface area (Å²) in [6, 6.07) is 25.2. The van der Waals surface area contributed by atoms with E-state index < -0.39 is 0 Å². The fourth-order valence-electron chi connectivity index (χ4n) is 3.01. The number of hydrogen-bond acceptors (Lipinski definition) is 4. The summed E-state index contributed by atoms with van der Waals surface area (Å²) in [6.45, 7) is 2.10. The number of rotatable bonds is 8. The number of hydrogen-bond donors (Lipinski definition) is 0. The third kappa shape index (κ3) is 5.46. The zero-order valence-electron chi connectivity index (χ0n) is 16.4. The molecule has 0 spiro atoms. The van der Waals surface area contributed by atoms with Gasteiger partial charge in [-0.3, -0.25) is 9.69 Å². The number of benzene rings is 2. The summed E-state index contributed by atoms with van der Waals surface area (Å²) in [4.78, 5) is 19.4. The molecule has 0 saturated heterocycles. The number of nitriles is 1. The van der Waals surface area contributed by atoms with Crippen molar-refractivity contribution in [1.82, 2.24) is 4.98 Å². The van der Waals surface area contributed by atoms with Crippen LogP contribution in [0.3, 0.4) is 0 Å². The molecule has 3 rings (SSSR count). The Morgan fingerprint density at radius 2 is 1.62 bits per heavy atom. The average Bonchev–Trinajstić information content (AvgIpc) is 2.76. The number of aryl methyl sites for hydroxylation is 1. The van der Waals surface area contributed by atoms with Crippen LogP contribution in [0.1, 0.15) is 31.0 Å². The Morgan fingerprint density at radius 3 is 2.17 bits per heavy atom. The van der Waals surface area contributed by atoms with E-state index in [1.165, 1.54) is 11.8 Å². The molecule has 0 N–H and O–H groups in total. The predicted octanol–water partition coefficient (Wildman–Crippen LogP) is 5.75. The molecule has 1 heterocycles. The summed E-state index contributed by atoms with van der Waals surface area (Å²) in [5.74, 6) is 0.574. The second-order valence-electron chi connectivity index (χ2n) is 6.52. The van der Waals surface area contributed by atoms with Gasteiger partial charge in [0.2, 0.25) is 5.91 Å². The van der Waals surface area contributed by atoms with E-state index in [0.717, 1.165) is 29.9 Å². The maximum Gasteiger partial charge on any atom is 0.232 e. The molecule has 146 valence electrons. The fourth-order valence-corrected chi connectivity index (χ4v) is 3.93. The summed E-state index contributed by atoms with van der Waals surface area (Å²) in [5.41, 5.74) is 3.23. The van der Waals surface area contributed by atoms with Gasteiger partial charge in [0, 0.05) is 29.2 Å². The van der Waals surface area contributed by atoms with Crippen molar-refractivity contribution < 1.29 is 4.79 Å². The highest BCUT2D eigenvalue weighted by atomic mass is 32.2. The van der Waals surface area contributed by atoms with Crippen LogP contribution >= 0.6 is 11.8 Å². The summed E-state index contributed by atoms with van der Waals surface area (Å²) in [6.07, 6.45) is 2.23. The summed E-state index contributed by atoms with van der Waals surface area (Å²) < 4.78 is 0. The third-order valence-corrected chi connectivity index (χ3v) is 5.37. The second kappa shape index (κ2) is 10.4. The molecule has 0 unspecified atom stereocenters. The topological polar surface area (TPSA) is 57.0 Å². The molecule has 5 heteroatoms. The van der Waals surface area contributed by atoms with E-state index in [-0.39, 0.29) is 5.91 Å². The molecule has 0 fully saturated rings. The molecule has 0 atom stereocenters. The Bertz CT molecular complexity index is 945. The quantitative estimate of drug-likeness (QED) is 0.451. The summed E-state index contributed by atoms with van der Waals surface area (Å²) in [5, 5.41) is 10.1. The van der Waals surface area contributed by atoms with Crippen LogP contribution in [-0.2, 0) is 11.2 Å². The molecule has 2 aromatic carbocycles. The Hall–Kier alpha value is -3.10. The standard InChI is InChI=1S/C24H23N3OS/c1-2-9-20-15-14-19(18-25)24(26-20)29-17-16-23(28)27(21-10-5-3-6-11-21)22-12-7-4-8-13-22/h3-8,10-15H,2,9,16-17H2,1H3. The molecule has 0 saturated carbocycles. The van der Waals surface area contributed by atoms with Crippen molar-refractivity contribution >= 4 is 29.0 Å². The van der Waals surface area contributed by atoms with E-state index in [4.69, 9.17) is 0 Å². The number of carbonyl (C=O) groups is 1. The van der Waals surface area contributed by atoms with Crippen LogP contribution in [0, 0.1) is 11.3 Å². The Kier molecular flexibility index (Phi) is 7.43. The van der Waals surface area contributed by atoms with E-state index in [2.05, 4.69) is 18.0 Å². The third-order valence-electron chi connectivity index (χ3n) is 4.38. The number of carbonyl (C=O) groups excluding carboxylic acids is 1. The number of amides is 1. The SMILES string of the molecule is CCCc1ccc(C#N)c(SCCC(=O)N(c2ccccc2)c2ccccc2)n1. The van der Waals surface area contributed by atoms with Gasteiger partial charge in [0.1, 0.15) is 11.1 Å². The van der Waals surface area contributed by atoms with Crippen LogP contribution in [0.25, 0.3) is 0 Å². The lowest BCUT2D eigenvalue weighted by molar-refractivity contribution is -0.117. The number of nitrogens with zero attached hydrogens (tertiary/aromatic N) is 3. The summed E-state index contributed by atoms with van der Waals surface area (Å²) in [7, 11) is 0. The normalized spacial score (nSPS) is 10.3. The van der Waals surface area contributed by atoms with Crippen LogP contribution in [0.5, 0.6) is 0 Å². The van der Waals surface area contributed by atoms with Crippen molar-refractivity contribution in [3.05, 3.63) is 84.1 Å². The Labute approximate surface area is 176 Å². The number of pyridine rings is 1. The van der Waals surface area contributed by atoms with Crippen LogP contribution in [-0.4, -0.2) is 16.6 Å². The van der Waals surface area contributed by atoms with Gasteiger partial charge in [-0.25, -0.2) is 4.98 Å².